The minimum Gasteiger partial charge on any atom is -0.478 e. The van der Waals surface area contributed by atoms with Crippen molar-refractivity contribution in [2.45, 2.75) is 20.3 Å². The Kier molecular flexibility index (Phi) is 3.47. The molecule has 7 heteroatoms. The van der Waals surface area contributed by atoms with Crippen molar-refractivity contribution in [2.24, 2.45) is 0 Å². The molecule has 0 fully saturated rings. The van der Waals surface area contributed by atoms with Crippen LogP contribution in [0.4, 0.5) is 5.69 Å². The Morgan fingerprint density at radius 2 is 2.05 bits per heavy atom. The maximum atomic E-state index is 11.3. The molecule has 0 aliphatic heterocycles. The van der Waals surface area contributed by atoms with Crippen molar-refractivity contribution in [1.82, 2.24) is 0 Å². The largest absolute Gasteiger partial charge is 0.478 e. The Bertz CT molecular complexity index is 789. The molecular weight excluding hydrogens is 282 g/mol. The molecule has 0 unspecified atom stereocenters. The molecule has 1 aromatic carbocycles. The monoisotopic (exact) mass is 297 g/mol. The van der Waals surface area contributed by atoms with E-state index >= 15 is 0 Å². The molecule has 6 nitrogen and oxygen atoms in total. The fourth-order valence-electron chi connectivity index (χ4n) is 2.09. The van der Waals surface area contributed by atoms with Gasteiger partial charge in [-0.05, 0) is 24.6 Å². The van der Waals surface area contributed by atoms with Gasteiger partial charge in [-0.15, -0.1) is 0 Å². The van der Waals surface area contributed by atoms with E-state index in [1.165, 1.54) is 6.07 Å². The van der Waals surface area contributed by atoms with Gasteiger partial charge in [-0.25, -0.2) is 13.2 Å². The van der Waals surface area contributed by atoms with Crippen LogP contribution >= 0.6 is 0 Å². The summed E-state index contributed by atoms with van der Waals surface area (Å²) in [6.07, 6.45) is 1.49. The smallest absolute Gasteiger partial charge is 0.339 e. The Morgan fingerprint density at radius 1 is 1.40 bits per heavy atom. The van der Waals surface area contributed by atoms with Gasteiger partial charge in [0.2, 0.25) is 10.0 Å². The van der Waals surface area contributed by atoms with E-state index in [0.29, 0.717) is 34.4 Å². The molecule has 2 aromatic rings. The highest BCUT2D eigenvalue weighted by Gasteiger charge is 2.20. The highest BCUT2D eigenvalue weighted by atomic mass is 32.2. The number of benzene rings is 1. The lowest BCUT2D eigenvalue weighted by molar-refractivity contribution is 0.0696. The lowest BCUT2D eigenvalue weighted by Crippen LogP contribution is -2.10. The molecule has 2 N–H and O–H groups in total. The molecule has 0 spiro atoms. The first-order valence-corrected chi connectivity index (χ1v) is 7.89. The molecule has 2 rings (SSSR count). The summed E-state index contributed by atoms with van der Waals surface area (Å²) in [7, 11) is -3.43. The van der Waals surface area contributed by atoms with Crippen LogP contribution in [0.25, 0.3) is 11.0 Å². The van der Waals surface area contributed by atoms with E-state index in [9.17, 15) is 18.3 Å². The SMILES string of the molecule is CCc1oc2cc(C)c(NS(C)(=O)=O)cc2c1C(=O)O. The van der Waals surface area contributed by atoms with E-state index in [1.807, 2.05) is 0 Å². The first-order chi connectivity index (χ1) is 9.23. The van der Waals surface area contributed by atoms with Crippen molar-refractivity contribution in [1.29, 1.82) is 0 Å². The topological polar surface area (TPSA) is 96.6 Å². The molecule has 20 heavy (non-hydrogen) atoms. The number of furan rings is 1. The molecule has 0 amide bonds. The first-order valence-electron chi connectivity index (χ1n) is 6.00. The third-order valence-electron chi connectivity index (χ3n) is 2.94. The van der Waals surface area contributed by atoms with Gasteiger partial charge in [0.25, 0.3) is 0 Å². The van der Waals surface area contributed by atoms with Crippen LogP contribution in [-0.4, -0.2) is 25.7 Å². The minimum absolute atomic E-state index is 0.0825. The van der Waals surface area contributed by atoms with Gasteiger partial charge in [0.1, 0.15) is 16.9 Å². The van der Waals surface area contributed by atoms with Crippen LogP contribution in [0.5, 0.6) is 0 Å². The molecule has 0 saturated heterocycles. The maximum Gasteiger partial charge on any atom is 0.339 e. The molecule has 0 atom stereocenters. The van der Waals surface area contributed by atoms with Crippen LogP contribution < -0.4 is 4.72 Å². The van der Waals surface area contributed by atoms with Gasteiger partial charge in [-0.3, -0.25) is 4.72 Å². The number of sulfonamides is 1. The van der Waals surface area contributed by atoms with E-state index in [4.69, 9.17) is 4.42 Å². The molecule has 0 aliphatic carbocycles. The summed E-state index contributed by atoms with van der Waals surface area (Å²) in [5, 5.41) is 9.67. The van der Waals surface area contributed by atoms with Crippen molar-refractivity contribution in [3.8, 4) is 0 Å². The van der Waals surface area contributed by atoms with Crippen LogP contribution in [-0.2, 0) is 16.4 Å². The van der Waals surface area contributed by atoms with E-state index in [1.54, 1.807) is 19.9 Å². The van der Waals surface area contributed by atoms with Gasteiger partial charge in [0.15, 0.2) is 0 Å². The predicted octanol–water partition coefficient (Wildman–Crippen LogP) is 2.37. The summed E-state index contributed by atoms with van der Waals surface area (Å²) in [4.78, 5) is 11.3. The zero-order valence-corrected chi connectivity index (χ0v) is 12.2. The van der Waals surface area contributed by atoms with Crippen molar-refractivity contribution >= 4 is 32.6 Å². The fourth-order valence-corrected chi connectivity index (χ4v) is 2.71. The van der Waals surface area contributed by atoms with Gasteiger partial charge >= 0.3 is 5.97 Å². The number of anilines is 1. The highest BCUT2D eigenvalue weighted by Crippen LogP contribution is 2.31. The second-order valence-corrected chi connectivity index (χ2v) is 6.34. The molecule has 1 aromatic heterocycles. The number of hydrogen-bond donors (Lipinski definition) is 2. The van der Waals surface area contributed by atoms with Gasteiger partial charge in [0.05, 0.1) is 11.9 Å². The van der Waals surface area contributed by atoms with E-state index < -0.39 is 16.0 Å². The quantitative estimate of drug-likeness (QED) is 0.903. The average Bonchev–Trinajstić information content (AvgIpc) is 2.65. The number of aryl methyl sites for hydroxylation is 2. The summed E-state index contributed by atoms with van der Waals surface area (Å²) in [5.41, 5.74) is 1.54. The van der Waals surface area contributed by atoms with Crippen molar-refractivity contribution < 1.29 is 22.7 Å². The number of fused-ring (bicyclic) bond motifs is 1. The van der Waals surface area contributed by atoms with Crippen LogP contribution in [0.2, 0.25) is 0 Å². The van der Waals surface area contributed by atoms with Gasteiger partial charge < -0.3 is 9.52 Å². The van der Waals surface area contributed by atoms with E-state index in [2.05, 4.69) is 4.72 Å². The number of aromatic carboxylic acids is 1. The zero-order chi connectivity index (χ0) is 15.1. The van der Waals surface area contributed by atoms with Gasteiger partial charge in [-0.1, -0.05) is 6.92 Å². The number of carboxylic acid groups (broad SMARTS) is 1. The summed E-state index contributed by atoms with van der Waals surface area (Å²) in [5.74, 6) is -0.710. The normalized spacial score (nSPS) is 11.8. The van der Waals surface area contributed by atoms with Gasteiger partial charge in [-0.2, -0.15) is 0 Å². The Labute approximate surface area is 116 Å². The van der Waals surface area contributed by atoms with Crippen LogP contribution in [0, 0.1) is 6.92 Å². The first kappa shape index (κ1) is 14.4. The average molecular weight is 297 g/mol. The highest BCUT2D eigenvalue weighted by molar-refractivity contribution is 7.92. The molecular formula is C13H15NO5S. The molecule has 0 bridgehead atoms. The van der Waals surface area contributed by atoms with Crippen LogP contribution in [0.1, 0.15) is 28.6 Å². The van der Waals surface area contributed by atoms with Gasteiger partial charge in [0, 0.05) is 11.8 Å². The standard InChI is InChI=1S/C13H15NO5S/c1-4-10-12(13(15)16)8-6-9(14-20(3,17)18)7(2)5-11(8)19-10/h5-6,14H,4H2,1-3H3,(H,15,16). The molecule has 0 radical (unpaired) electrons. The second kappa shape index (κ2) is 4.82. The number of carbonyl (C=O) groups is 1. The molecule has 108 valence electrons. The summed E-state index contributed by atoms with van der Waals surface area (Å²) >= 11 is 0. The predicted molar refractivity (Wildman–Crippen MR) is 75.8 cm³/mol. The number of nitrogens with one attached hydrogen (secondary N) is 1. The number of rotatable bonds is 4. The Hall–Kier alpha value is -2.02. The Morgan fingerprint density at radius 3 is 2.55 bits per heavy atom. The lowest BCUT2D eigenvalue weighted by Gasteiger charge is -2.07. The molecule has 0 aliphatic rings. The zero-order valence-electron chi connectivity index (χ0n) is 11.4. The second-order valence-electron chi connectivity index (χ2n) is 4.60. The van der Waals surface area contributed by atoms with Crippen molar-refractivity contribution in [3.63, 3.8) is 0 Å². The third kappa shape index (κ3) is 2.62. The fraction of sp³-hybridized carbons (Fsp3) is 0.308. The molecule has 1 heterocycles. The van der Waals surface area contributed by atoms with Crippen LogP contribution in [0.15, 0.2) is 16.5 Å². The summed E-state index contributed by atoms with van der Waals surface area (Å²) < 4.78 is 30.5. The van der Waals surface area contributed by atoms with Crippen LogP contribution in [0.3, 0.4) is 0 Å². The van der Waals surface area contributed by atoms with E-state index in [-0.39, 0.29) is 5.56 Å². The minimum atomic E-state index is -3.43. The maximum absolute atomic E-state index is 11.3. The Balaban J connectivity index is 2.73. The lowest BCUT2D eigenvalue weighted by atomic mass is 10.1. The van der Waals surface area contributed by atoms with Crippen molar-refractivity contribution in [2.75, 3.05) is 11.0 Å². The number of hydrogen-bond acceptors (Lipinski definition) is 4. The third-order valence-corrected chi connectivity index (χ3v) is 3.53. The summed E-state index contributed by atoms with van der Waals surface area (Å²) in [6.45, 7) is 3.52. The van der Waals surface area contributed by atoms with Crippen molar-refractivity contribution in [3.05, 3.63) is 29.0 Å². The molecule has 0 saturated carbocycles. The summed E-state index contributed by atoms with van der Waals surface area (Å²) in [6, 6.07) is 3.13. The van der Waals surface area contributed by atoms with E-state index in [0.717, 1.165) is 6.26 Å². The number of carboxylic acids is 1.